The lowest BCUT2D eigenvalue weighted by atomic mass is 9.98. The summed E-state index contributed by atoms with van der Waals surface area (Å²) >= 11 is 0. The van der Waals surface area contributed by atoms with Gasteiger partial charge < -0.3 is 9.72 Å². The highest BCUT2D eigenvalue weighted by Crippen LogP contribution is 2.19. The van der Waals surface area contributed by atoms with Crippen LogP contribution < -0.4 is 5.32 Å². The number of rotatable bonds is 3. The SMILES string of the molecule is c1cn2ccc(CNc3ncc4c(n3)CCCC4)cc2n1. The molecule has 3 aromatic rings. The van der Waals surface area contributed by atoms with Crippen molar-refractivity contribution in [3.63, 3.8) is 0 Å². The zero-order chi connectivity index (χ0) is 14.1. The fraction of sp³-hybridized carbons (Fsp3) is 0.312. The molecule has 1 aliphatic rings. The highest BCUT2D eigenvalue weighted by atomic mass is 15.1. The fourth-order valence-electron chi connectivity index (χ4n) is 2.80. The normalized spacial score (nSPS) is 14.1. The molecule has 0 bridgehead atoms. The van der Waals surface area contributed by atoms with Crippen LogP contribution in [0, 0.1) is 0 Å². The summed E-state index contributed by atoms with van der Waals surface area (Å²) in [6.07, 6.45) is 12.4. The number of hydrogen-bond acceptors (Lipinski definition) is 4. The van der Waals surface area contributed by atoms with Crippen molar-refractivity contribution in [1.82, 2.24) is 19.4 Å². The second kappa shape index (κ2) is 5.16. The fourth-order valence-corrected chi connectivity index (χ4v) is 2.80. The number of fused-ring (bicyclic) bond motifs is 2. The predicted molar refractivity (Wildman–Crippen MR) is 81.2 cm³/mol. The van der Waals surface area contributed by atoms with Gasteiger partial charge in [-0.05, 0) is 48.9 Å². The molecule has 106 valence electrons. The average molecular weight is 279 g/mol. The number of nitrogens with one attached hydrogen (secondary N) is 1. The van der Waals surface area contributed by atoms with E-state index < -0.39 is 0 Å². The largest absolute Gasteiger partial charge is 0.350 e. The molecule has 0 radical (unpaired) electrons. The molecule has 0 atom stereocenters. The van der Waals surface area contributed by atoms with E-state index in [0.29, 0.717) is 6.54 Å². The van der Waals surface area contributed by atoms with E-state index in [1.165, 1.54) is 29.7 Å². The van der Waals surface area contributed by atoms with Crippen molar-refractivity contribution in [1.29, 1.82) is 0 Å². The predicted octanol–water partition coefficient (Wildman–Crippen LogP) is 2.62. The maximum atomic E-state index is 4.64. The maximum absolute atomic E-state index is 4.64. The van der Waals surface area contributed by atoms with Crippen LogP contribution in [0.5, 0.6) is 0 Å². The molecule has 4 rings (SSSR count). The first-order valence-electron chi connectivity index (χ1n) is 7.39. The molecule has 0 aliphatic heterocycles. The van der Waals surface area contributed by atoms with Crippen molar-refractivity contribution in [2.75, 3.05) is 5.32 Å². The molecule has 0 spiro atoms. The number of nitrogens with zero attached hydrogens (tertiary/aromatic N) is 4. The molecule has 3 heterocycles. The molecule has 5 heteroatoms. The molecule has 0 aromatic carbocycles. The zero-order valence-electron chi connectivity index (χ0n) is 11.8. The second-order valence-electron chi connectivity index (χ2n) is 5.45. The Bertz CT molecular complexity index is 777. The van der Waals surface area contributed by atoms with Crippen molar-refractivity contribution in [2.45, 2.75) is 32.2 Å². The van der Waals surface area contributed by atoms with Gasteiger partial charge in [0, 0.05) is 37.0 Å². The Morgan fingerprint density at radius 1 is 1.14 bits per heavy atom. The van der Waals surface area contributed by atoms with E-state index in [9.17, 15) is 0 Å². The van der Waals surface area contributed by atoms with Gasteiger partial charge in [0.25, 0.3) is 0 Å². The molecular formula is C16H17N5. The van der Waals surface area contributed by atoms with E-state index in [1.54, 1.807) is 6.20 Å². The lowest BCUT2D eigenvalue weighted by Crippen LogP contribution is -2.10. The minimum atomic E-state index is 0.710. The molecule has 0 saturated heterocycles. The first kappa shape index (κ1) is 12.3. The Kier molecular flexibility index (Phi) is 3.03. The molecule has 0 saturated carbocycles. The number of hydrogen-bond donors (Lipinski definition) is 1. The maximum Gasteiger partial charge on any atom is 0.223 e. The van der Waals surface area contributed by atoms with E-state index in [4.69, 9.17) is 0 Å². The van der Waals surface area contributed by atoms with Crippen LogP contribution in [0.4, 0.5) is 5.95 Å². The standard InChI is InChI=1S/C16H17N5/c1-2-4-14-13(3-1)11-19-16(20-14)18-10-12-5-7-21-8-6-17-15(21)9-12/h5-9,11H,1-4,10H2,(H,18,19,20). The van der Waals surface area contributed by atoms with Gasteiger partial charge in [0.05, 0.1) is 0 Å². The summed E-state index contributed by atoms with van der Waals surface area (Å²) in [7, 11) is 0. The minimum absolute atomic E-state index is 0.710. The Labute approximate surface area is 123 Å². The molecule has 1 N–H and O–H groups in total. The van der Waals surface area contributed by atoms with Crippen LogP contribution in [0.3, 0.4) is 0 Å². The van der Waals surface area contributed by atoms with Crippen molar-refractivity contribution in [2.24, 2.45) is 0 Å². The van der Waals surface area contributed by atoms with E-state index in [-0.39, 0.29) is 0 Å². The summed E-state index contributed by atoms with van der Waals surface area (Å²) in [4.78, 5) is 13.3. The van der Waals surface area contributed by atoms with Crippen LogP contribution in [-0.2, 0) is 19.4 Å². The number of anilines is 1. The van der Waals surface area contributed by atoms with Gasteiger partial charge in [0.15, 0.2) is 0 Å². The molecule has 0 unspecified atom stereocenters. The lowest BCUT2D eigenvalue weighted by molar-refractivity contribution is 0.663. The van der Waals surface area contributed by atoms with Gasteiger partial charge in [-0.1, -0.05) is 0 Å². The monoisotopic (exact) mass is 279 g/mol. The van der Waals surface area contributed by atoms with Gasteiger partial charge in [0.1, 0.15) is 5.65 Å². The van der Waals surface area contributed by atoms with Gasteiger partial charge in [-0.25, -0.2) is 15.0 Å². The highest BCUT2D eigenvalue weighted by Gasteiger charge is 2.11. The lowest BCUT2D eigenvalue weighted by Gasteiger charge is -2.15. The highest BCUT2D eigenvalue weighted by molar-refractivity contribution is 5.42. The van der Waals surface area contributed by atoms with Crippen LogP contribution in [0.25, 0.3) is 5.65 Å². The topological polar surface area (TPSA) is 55.1 Å². The Morgan fingerprint density at radius 2 is 2.10 bits per heavy atom. The summed E-state index contributed by atoms with van der Waals surface area (Å²) in [5, 5.41) is 3.31. The zero-order valence-corrected chi connectivity index (χ0v) is 11.8. The summed E-state index contributed by atoms with van der Waals surface area (Å²) in [6.45, 7) is 0.710. The first-order chi connectivity index (χ1) is 10.4. The van der Waals surface area contributed by atoms with Gasteiger partial charge in [-0.3, -0.25) is 0 Å². The Balaban J connectivity index is 1.50. The van der Waals surface area contributed by atoms with Crippen molar-refractivity contribution in [3.05, 3.63) is 53.7 Å². The van der Waals surface area contributed by atoms with Crippen molar-refractivity contribution in [3.8, 4) is 0 Å². The molecule has 3 aromatic heterocycles. The van der Waals surface area contributed by atoms with E-state index in [0.717, 1.165) is 24.4 Å². The third kappa shape index (κ3) is 2.46. The number of aryl methyl sites for hydroxylation is 2. The van der Waals surface area contributed by atoms with Gasteiger partial charge in [0.2, 0.25) is 5.95 Å². The van der Waals surface area contributed by atoms with Gasteiger partial charge >= 0.3 is 0 Å². The average Bonchev–Trinajstić information content (AvgIpc) is 3.00. The number of imidazole rings is 1. The van der Waals surface area contributed by atoms with Gasteiger partial charge in [-0.2, -0.15) is 0 Å². The number of aromatic nitrogens is 4. The van der Waals surface area contributed by atoms with E-state index in [2.05, 4.69) is 32.4 Å². The quantitative estimate of drug-likeness (QED) is 0.800. The third-order valence-electron chi connectivity index (χ3n) is 3.98. The van der Waals surface area contributed by atoms with Gasteiger partial charge in [-0.15, -0.1) is 0 Å². The molecule has 0 fully saturated rings. The number of pyridine rings is 1. The van der Waals surface area contributed by atoms with E-state index >= 15 is 0 Å². The Hall–Kier alpha value is -2.43. The van der Waals surface area contributed by atoms with Crippen LogP contribution in [0.1, 0.15) is 29.7 Å². The summed E-state index contributed by atoms with van der Waals surface area (Å²) in [5.41, 5.74) is 4.66. The third-order valence-corrected chi connectivity index (χ3v) is 3.98. The second-order valence-corrected chi connectivity index (χ2v) is 5.45. The van der Waals surface area contributed by atoms with Crippen molar-refractivity contribution < 1.29 is 0 Å². The van der Waals surface area contributed by atoms with Crippen LogP contribution in [0.2, 0.25) is 0 Å². The summed E-state index contributed by atoms with van der Waals surface area (Å²) in [5.74, 6) is 0.721. The molecule has 0 amide bonds. The Morgan fingerprint density at radius 3 is 3.10 bits per heavy atom. The summed E-state index contributed by atoms with van der Waals surface area (Å²) < 4.78 is 2.00. The van der Waals surface area contributed by atoms with Crippen LogP contribution in [0.15, 0.2) is 36.9 Å². The molecule has 5 nitrogen and oxygen atoms in total. The van der Waals surface area contributed by atoms with Crippen LogP contribution in [-0.4, -0.2) is 19.4 Å². The van der Waals surface area contributed by atoms with Crippen molar-refractivity contribution >= 4 is 11.6 Å². The minimum Gasteiger partial charge on any atom is -0.350 e. The summed E-state index contributed by atoms with van der Waals surface area (Å²) in [6, 6.07) is 4.16. The molecule has 21 heavy (non-hydrogen) atoms. The van der Waals surface area contributed by atoms with E-state index in [1.807, 2.05) is 23.0 Å². The smallest absolute Gasteiger partial charge is 0.223 e. The first-order valence-corrected chi connectivity index (χ1v) is 7.39. The molecular weight excluding hydrogens is 262 g/mol. The molecule has 1 aliphatic carbocycles. The van der Waals surface area contributed by atoms with Crippen LogP contribution >= 0.6 is 0 Å².